The van der Waals surface area contributed by atoms with Crippen molar-refractivity contribution >= 4 is 38.6 Å². The van der Waals surface area contributed by atoms with Crippen LogP contribution in [-0.4, -0.2) is 13.4 Å². The zero-order valence-electron chi connectivity index (χ0n) is 16.1. The van der Waals surface area contributed by atoms with Crippen LogP contribution in [0.5, 0.6) is 0 Å². The number of aryl methyl sites for hydroxylation is 1. The van der Waals surface area contributed by atoms with E-state index in [1.165, 1.54) is 36.5 Å². The first-order valence-electron chi connectivity index (χ1n) is 9.03. The summed E-state index contributed by atoms with van der Waals surface area (Å²) in [7, 11) is -4.32. The van der Waals surface area contributed by atoms with Gasteiger partial charge in [0.2, 0.25) is 0 Å². The van der Waals surface area contributed by atoms with Gasteiger partial charge in [-0.1, -0.05) is 35.9 Å². The van der Waals surface area contributed by atoms with E-state index in [0.717, 1.165) is 27.8 Å². The molecule has 0 radical (unpaired) electrons. The van der Waals surface area contributed by atoms with Gasteiger partial charge in [-0.3, -0.25) is 4.72 Å². The zero-order valence-corrected chi connectivity index (χ0v) is 18.5. The second kappa shape index (κ2) is 8.37. The summed E-state index contributed by atoms with van der Waals surface area (Å²) < 4.78 is 55.3. The molecule has 4 aromatic rings. The van der Waals surface area contributed by atoms with Gasteiger partial charge in [-0.05, 0) is 48.4 Å². The number of thiazole rings is 1. The number of hydrogen-bond donors (Lipinski definition) is 1. The molecular weight excluding hydrogens is 462 g/mol. The van der Waals surface area contributed by atoms with Crippen LogP contribution in [0.1, 0.15) is 5.56 Å². The lowest BCUT2D eigenvalue weighted by Crippen LogP contribution is -2.16. The average molecular weight is 477 g/mol. The highest BCUT2D eigenvalue weighted by molar-refractivity contribution is 7.92. The van der Waals surface area contributed by atoms with Gasteiger partial charge in [0.05, 0.1) is 0 Å². The number of nitrogens with zero attached hydrogens (tertiary/aromatic N) is 1. The first kappa shape index (κ1) is 21.4. The van der Waals surface area contributed by atoms with E-state index < -0.39 is 26.6 Å². The topological polar surface area (TPSA) is 59.1 Å². The van der Waals surface area contributed by atoms with Gasteiger partial charge in [-0.25, -0.2) is 22.2 Å². The molecule has 0 aliphatic rings. The molecule has 0 amide bonds. The highest BCUT2D eigenvalue weighted by Crippen LogP contribution is 2.34. The second-order valence-corrected chi connectivity index (χ2v) is 9.64. The lowest BCUT2D eigenvalue weighted by atomic mass is 10.0. The fourth-order valence-electron chi connectivity index (χ4n) is 3.13. The number of nitrogens with one attached hydrogen (secondary N) is 1. The minimum atomic E-state index is -4.32. The Morgan fingerprint density at radius 1 is 1.00 bits per heavy atom. The molecule has 1 N–H and O–H groups in total. The maximum atomic E-state index is 14.1. The van der Waals surface area contributed by atoms with Crippen LogP contribution in [-0.2, 0) is 10.0 Å². The molecule has 0 fully saturated rings. The van der Waals surface area contributed by atoms with E-state index in [4.69, 9.17) is 11.6 Å². The van der Waals surface area contributed by atoms with Crippen molar-refractivity contribution in [2.24, 2.45) is 0 Å². The van der Waals surface area contributed by atoms with Crippen LogP contribution >= 0.6 is 22.9 Å². The van der Waals surface area contributed by atoms with Gasteiger partial charge in [0.25, 0.3) is 10.0 Å². The second-order valence-electron chi connectivity index (χ2n) is 6.72. The Kier molecular flexibility index (Phi) is 5.79. The molecule has 0 saturated heterocycles. The lowest BCUT2D eigenvalue weighted by Gasteiger charge is -2.12. The van der Waals surface area contributed by atoms with Gasteiger partial charge in [-0.15, -0.1) is 11.3 Å². The normalized spacial score (nSPS) is 11.5. The number of anilines is 1. The van der Waals surface area contributed by atoms with Crippen LogP contribution in [0.2, 0.25) is 5.02 Å². The van der Waals surface area contributed by atoms with Gasteiger partial charge in [0.15, 0.2) is 11.6 Å². The van der Waals surface area contributed by atoms with Crippen molar-refractivity contribution in [3.05, 3.63) is 88.4 Å². The Morgan fingerprint density at radius 3 is 2.39 bits per heavy atom. The van der Waals surface area contributed by atoms with Crippen molar-refractivity contribution in [1.82, 2.24) is 4.98 Å². The number of hydrogen-bond acceptors (Lipinski definition) is 4. The minimum absolute atomic E-state index is 0.105. The number of sulfonamides is 1. The van der Waals surface area contributed by atoms with Gasteiger partial charge in [-0.2, -0.15) is 0 Å². The van der Waals surface area contributed by atoms with Crippen molar-refractivity contribution in [3.63, 3.8) is 0 Å². The lowest BCUT2D eigenvalue weighted by molar-refractivity contribution is 0.483. The Balaban J connectivity index is 1.64. The van der Waals surface area contributed by atoms with E-state index in [-0.39, 0.29) is 11.3 Å². The molecule has 158 valence electrons. The SMILES string of the molecule is Cc1ccc(F)c(F)c1S(=O)(=O)Nc1ccc(-c2cc(-c3nccs3)ccc2Cl)cc1. The van der Waals surface area contributed by atoms with Crippen molar-refractivity contribution in [2.45, 2.75) is 11.8 Å². The number of rotatable bonds is 5. The van der Waals surface area contributed by atoms with Crippen molar-refractivity contribution in [1.29, 1.82) is 0 Å². The summed E-state index contributed by atoms with van der Waals surface area (Å²) in [5.41, 5.74) is 2.75. The highest BCUT2D eigenvalue weighted by Gasteiger charge is 2.24. The van der Waals surface area contributed by atoms with E-state index in [0.29, 0.717) is 5.02 Å². The summed E-state index contributed by atoms with van der Waals surface area (Å²) in [6.45, 7) is 1.40. The summed E-state index contributed by atoms with van der Waals surface area (Å²) in [6.07, 6.45) is 1.72. The van der Waals surface area contributed by atoms with Crippen LogP contribution in [0.15, 0.2) is 71.1 Å². The molecule has 4 rings (SSSR count). The van der Waals surface area contributed by atoms with Crippen LogP contribution < -0.4 is 4.72 Å². The molecule has 3 aromatic carbocycles. The molecule has 31 heavy (non-hydrogen) atoms. The summed E-state index contributed by atoms with van der Waals surface area (Å²) in [4.78, 5) is 3.58. The van der Waals surface area contributed by atoms with Crippen LogP contribution in [0.4, 0.5) is 14.5 Å². The maximum Gasteiger partial charge on any atom is 0.265 e. The number of aromatic nitrogens is 1. The van der Waals surface area contributed by atoms with Crippen LogP contribution in [0.25, 0.3) is 21.7 Å². The molecular formula is C22H15ClF2N2O2S2. The number of benzene rings is 3. The monoisotopic (exact) mass is 476 g/mol. The summed E-state index contributed by atoms with van der Waals surface area (Å²) in [5.74, 6) is -2.63. The molecule has 1 heterocycles. The predicted molar refractivity (Wildman–Crippen MR) is 120 cm³/mol. The number of halogens is 3. The Labute approximate surface area is 187 Å². The first-order valence-corrected chi connectivity index (χ1v) is 11.8. The largest absolute Gasteiger partial charge is 0.280 e. The standard InChI is InChI=1S/C22H15ClF2N2O2S2/c1-13-2-9-19(24)20(25)21(13)31(28,29)27-16-6-3-14(4-7-16)17-12-15(5-8-18(17)23)22-26-10-11-30-22/h2-12,27H,1H3. The molecule has 0 saturated carbocycles. The third-order valence-corrected chi connectivity index (χ3v) is 7.30. The van der Waals surface area contributed by atoms with Crippen molar-refractivity contribution < 1.29 is 17.2 Å². The predicted octanol–water partition coefficient (Wildman–Crippen LogP) is 6.52. The van der Waals surface area contributed by atoms with Crippen molar-refractivity contribution in [3.8, 4) is 21.7 Å². The fourth-order valence-corrected chi connectivity index (χ4v) is 5.36. The summed E-state index contributed by atoms with van der Waals surface area (Å²) >= 11 is 7.87. The molecule has 0 spiro atoms. The molecule has 0 aliphatic carbocycles. The van der Waals surface area contributed by atoms with E-state index in [1.807, 2.05) is 17.5 Å². The zero-order chi connectivity index (χ0) is 22.2. The quantitative estimate of drug-likeness (QED) is 0.357. The third-order valence-electron chi connectivity index (χ3n) is 4.61. The van der Waals surface area contributed by atoms with E-state index >= 15 is 0 Å². The van der Waals surface area contributed by atoms with Crippen LogP contribution in [0.3, 0.4) is 0 Å². The highest BCUT2D eigenvalue weighted by atomic mass is 35.5. The van der Waals surface area contributed by atoms with Gasteiger partial charge in [0, 0.05) is 33.4 Å². The molecule has 0 unspecified atom stereocenters. The van der Waals surface area contributed by atoms with Crippen LogP contribution in [0, 0.1) is 18.6 Å². The first-order chi connectivity index (χ1) is 14.8. The molecule has 0 bridgehead atoms. The van der Waals surface area contributed by atoms with Gasteiger partial charge >= 0.3 is 0 Å². The third kappa shape index (κ3) is 4.32. The summed E-state index contributed by atoms with van der Waals surface area (Å²) in [5, 5.41) is 3.27. The molecule has 0 atom stereocenters. The fraction of sp³-hybridized carbons (Fsp3) is 0.0455. The van der Waals surface area contributed by atoms with Gasteiger partial charge in [0.1, 0.15) is 9.90 Å². The molecule has 1 aromatic heterocycles. The molecule has 4 nitrogen and oxygen atoms in total. The average Bonchev–Trinajstić information content (AvgIpc) is 3.26. The van der Waals surface area contributed by atoms with Gasteiger partial charge < -0.3 is 0 Å². The maximum absolute atomic E-state index is 14.1. The Hall–Kier alpha value is -2.81. The molecule has 9 heteroatoms. The summed E-state index contributed by atoms with van der Waals surface area (Å²) in [6, 6.07) is 14.1. The van der Waals surface area contributed by atoms with Crippen molar-refractivity contribution in [2.75, 3.05) is 4.72 Å². The Bertz CT molecular complexity index is 1360. The minimum Gasteiger partial charge on any atom is -0.280 e. The molecule has 0 aliphatic heterocycles. The smallest absolute Gasteiger partial charge is 0.265 e. The Morgan fingerprint density at radius 2 is 1.71 bits per heavy atom. The van der Waals surface area contributed by atoms with E-state index in [2.05, 4.69) is 9.71 Å². The van der Waals surface area contributed by atoms with E-state index in [1.54, 1.807) is 24.4 Å². The van der Waals surface area contributed by atoms with E-state index in [9.17, 15) is 17.2 Å².